The van der Waals surface area contributed by atoms with Crippen LogP contribution in [0.5, 0.6) is 0 Å². The van der Waals surface area contributed by atoms with Gasteiger partial charge in [-0.05, 0) is 48.7 Å². The molecule has 5 N–H and O–H groups in total. The third-order valence-electron chi connectivity index (χ3n) is 5.48. The monoisotopic (exact) mass is 434 g/mol. The van der Waals surface area contributed by atoms with Crippen molar-refractivity contribution in [3.8, 4) is 0 Å². The molecule has 168 valence electrons. The van der Waals surface area contributed by atoms with Gasteiger partial charge in [0.25, 0.3) is 5.91 Å². The van der Waals surface area contributed by atoms with Crippen molar-refractivity contribution < 1.29 is 9.59 Å². The second-order valence-electron chi connectivity index (χ2n) is 7.85. The highest BCUT2D eigenvalue weighted by Crippen LogP contribution is 2.28. The molecule has 1 saturated carbocycles. The summed E-state index contributed by atoms with van der Waals surface area (Å²) in [4.78, 5) is 33.8. The number of hydrogen-bond acceptors (Lipinski definition) is 6. The molecule has 2 aromatic rings. The van der Waals surface area contributed by atoms with E-state index in [-0.39, 0.29) is 11.8 Å². The SMILES string of the molecule is CN=C/C(=C\N)NC(=O)C(CC1CCCC1)NC(=O)c1ccc(Nc2cccnc2)cc1. The van der Waals surface area contributed by atoms with Crippen LogP contribution in [-0.4, -0.2) is 36.1 Å². The van der Waals surface area contributed by atoms with Gasteiger partial charge >= 0.3 is 0 Å². The molecule has 1 aromatic carbocycles. The fourth-order valence-electron chi connectivity index (χ4n) is 3.85. The van der Waals surface area contributed by atoms with Crippen LogP contribution in [0.3, 0.4) is 0 Å². The molecule has 0 spiro atoms. The van der Waals surface area contributed by atoms with Crippen LogP contribution < -0.4 is 21.7 Å². The number of hydrogen-bond donors (Lipinski definition) is 4. The lowest BCUT2D eigenvalue weighted by molar-refractivity contribution is -0.122. The Hall–Kier alpha value is -3.68. The van der Waals surface area contributed by atoms with E-state index in [1.54, 1.807) is 31.6 Å². The third-order valence-corrected chi connectivity index (χ3v) is 5.48. The van der Waals surface area contributed by atoms with Crippen molar-refractivity contribution in [1.29, 1.82) is 0 Å². The first-order valence-electron chi connectivity index (χ1n) is 10.8. The molecule has 3 rings (SSSR count). The Morgan fingerprint density at radius 3 is 2.56 bits per heavy atom. The fraction of sp³-hybridized carbons (Fsp3) is 0.333. The van der Waals surface area contributed by atoms with Crippen LogP contribution in [0.2, 0.25) is 0 Å². The molecule has 8 heteroatoms. The Kier molecular flexibility index (Phi) is 8.36. The summed E-state index contributed by atoms with van der Waals surface area (Å²) in [6.07, 6.45) is 11.3. The lowest BCUT2D eigenvalue weighted by Crippen LogP contribution is -2.47. The number of rotatable bonds is 9. The number of allylic oxidation sites excluding steroid dienone is 1. The zero-order valence-electron chi connectivity index (χ0n) is 18.3. The molecule has 1 aromatic heterocycles. The van der Waals surface area contributed by atoms with Gasteiger partial charge in [0.1, 0.15) is 6.04 Å². The number of nitrogens with one attached hydrogen (secondary N) is 3. The Bertz CT molecular complexity index is 950. The summed E-state index contributed by atoms with van der Waals surface area (Å²) in [5.74, 6) is -0.169. The van der Waals surface area contributed by atoms with Crippen LogP contribution >= 0.6 is 0 Å². The quantitative estimate of drug-likeness (QED) is 0.452. The van der Waals surface area contributed by atoms with E-state index >= 15 is 0 Å². The third kappa shape index (κ3) is 6.66. The van der Waals surface area contributed by atoms with Gasteiger partial charge < -0.3 is 21.7 Å². The molecular formula is C24H30N6O2. The van der Waals surface area contributed by atoms with Gasteiger partial charge in [-0.3, -0.25) is 19.6 Å². The molecule has 2 amide bonds. The van der Waals surface area contributed by atoms with Gasteiger partial charge in [-0.15, -0.1) is 0 Å². The smallest absolute Gasteiger partial charge is 0.251 e. The molecule has 1 heterocycles. The van der Waals surface area contributed by atoms with Gasteiger partial charge in [0.15, 0.2) is 0 Å². The average Bonchev–Trinajstić information content (AvgIpc) is 3.32. The number of nitrogens with two attached hydrogens (primary N) is 1. The fourth-order valence-corrected chi connectivity index (χ4v) is 3.85. The van der Waals surface area contributed by atoms with Crippen molar-refractivity contribution in [3.05, 3.63) is 66.3 Å². The van der Waals surface area contributed by atoms with E-state index in [0.29, 0.717) is 23.6 Å². The van der Waals surface area contributed by atoms with E-state index in [0.717, 1.165) is 37.1 Å². The first-order chi connectivity index (χ1) is 15.6. The van der Waals surface area contributed by atoms with Gasteiger partial charge in [0.05, 0.1) is 17.6 Å². The highest BCUT2D eigenvalue weighted by molar-refractivity contribution is 5.99. The van der Waals surface area contributed by atoms with E-state index in [2.05, 4.69) is 25.9 Å². The van der Waals surface area contributed by atoms with Crippen molar-refractivity contribution in [2.24, 2.45) is 16.6 Å². The molecule has 1 aliphatic rings. The van der Waals surface area contributed by atoms with Crippen molar-refractivity contribution in [2.45, 2.75) is 38.1 Å². The number of aromatic nitrogens is 1. The lowest BCUT2D eigenvalue weighted by Gasteiger charge is -2.21. The Morgan fingerprint density at radius 2 is 1.94 bits per heavy atom. The lowest BCUT2D eigenvalue weighted by atomic mass is 9.97. The van der Waals surface area contributed by atoms with Gasteiger partial charge in [-0.1, -0.05) is 25.7 Å². The molecule has 1 atom stereocenters. The Labute approximate surface area is 188 Å². The van der Waals surface area contributed by atoms with E-state index in [9.17, 15) is 9.59 Å². The van der Waals surface area contributed by atoms with Crippen molar-refractivity contribution in [2.75, 3.05) is 12.4 Å². The highest BCUT2D eigenvalue weighted by Gasteiger charge is 2.27. The van der Waals surface area contributed by atoms with Gasteiger partial charge in [0, 0.05) is 36.9 Å². The Balaban J connectivity index is 1.67. The van der Waals surface area contributed by atoms with E-state index in [1.807, 2.05) is 24.3 Å². The Morgan fingerprint density at radius 1 is 1.19 bits per heavy atom. The van der Waals surface area contributed by atoms with E-state index in [4.69, 9.17) is 5.73 Å². The van der Waals surface area contributed by atoms with Gasteiger partial charge in [0.2, 0.25) is 5.91 Å². The summed E-state index contributed by atoms with van der Waals surface area (Å²) < 4.78 is 0. The molecule has 32 heavy (non-hydrogen) atoms. The van der Waals surface area contributed by atoms with Crippen LogP contribution in [0.15, 0.2) is 65.7 Å². The normalized spacial score (nSPS) is 15.5. The van der Waals surface area contributed by atoms with E-state index < -0.39 is 6.04 Å². The van der Waals surface area contributed by atoms with Crippen molar-refractivity contribution >= 4 is 29.4 Å². The maximum Gasteiger partial charge on any atom is 0.251 e. The molecular weight excluding hydrogens is 404 g/mol. The number of amides is 2. The molecule has 0 aliphatic heterocycles. The molecule has 1 aliphatic carbocycles. The number of pyridine rings is 1. The summed E-state index contributed by atoms with van der Waals surface area (Å²) in [5, 5.41) is 8.89. The summed E-state index contributed by atoms with van der Waals surface area (Å²) in [6.45, 7) is 0. The van der Waals surface area contributed by atoms with Crippen LogP contribution in [0.1, 0.15) is 42.5 Å². The number of nitrogens with zero attached hydrogens (tertiary/aromatic N) is 2. The second kappa shape index (κ2) is 11.6. The number of benzene rings is 1. The topological polar surface area (TPSA) is 121 Å². The first-order valence-corrected chi connectivity index (χ1v) is 10.8. The molecule has 8 nitrogen and oxygen atoms in total. The van der Waals surface area contributed by atoms with Crippen LogP contribution in [0.4, 0.5) is 11.4 Å². The zero-order chi connectivity index (χ0) is 22.8. The number of anilines is 2. The molecule has 0 saturated heterocycles. The van der Waals surface area contributed by atoms with E-state index in [1.165, 1.54) is 12.4 Å². The number of aliphatic imine (C=N–C) groups is 1. The number of carbonyl (C=O) groups excluding carboxylic acids is 2. The minimum Gasteiger partial charge on any atom is -0.403 e. The predicted octanol–water partition coefficient (Wildman–Crippen LogP) is 3.12. The highest BCUT2D eigenvalue weighted by atomic mass is 16.2. The van der Waals surface area contributed by atoms with Gasteiger partial charge in [-0.2, -0.15) is 0 Å². The molecule has 0 radical (unpaired) electrons. The summed E-state index contributed by atoms with van der Waals surface area (Å²) in [6, 6.07) is 10.2. The van der Waals surface area contributed by atoms with Crippen LogP contribution in [0, 0.1) is 5.92 Å². The molecule has 0 bridgehead atoms. The minimum absolute atomic E-state index is 0.293. The average molecular weight is 435 g/mol. The largest absolute Gasteiger partial charge is 0.403 e. The van der Waals surface area contributed by atoms with Crippen molar-refractivity contribution in [1.82, 2.24) is 15.6 Å². The maximum atomic E-state index is 12.9. The molecule has 1 unspecified atom stereocenters. The summed E-state index contributed by atoms with van der Waals surface area (Å²) >= 11 is 0. The standard InChI is InChI=1S/C24H30N6O2/c1-26-15-21(14-25)29-24(32)22(13-17-5-2-3-6-17)30-23(31)18-8-10-19(11-9-18)28-20-7-4-12-27-16-20/h4,7-12,14-17,22,28H,2-3,5-6,13,25H2,1H3,(H,29,32)(H,30,31)/b21-14+,26-15?. The second-order valence-corrected chi connectivity index (χ2v) is 7.85. The van der Waals surface area contributed by atoms with Crippen LogP contribution in [-0.2, 0) is 4.79 Å². The predicted molar refractivity (Wildman–Crippen MR) is 127 cm³/mol. The van der Waals surface area contributed by atoms with Gasteiger partial charge in [-0.25, -0.2) is 0 Å². The van der Waals surface area contributed by atoms with Crippen molar-refractivity contribution in [3.63, 3.8) is 0 Å². The number of carbonyl (C=O) groups is 2. The summed E-state index contributed by atoms with van der Waals surface area (Å²) in [7, 11) is 1.60. The van der Waals surface area contributed by atoms with Crippen LogP contribution in [0.25, 0.3) is 0 Å². The maximum absolute atomic E-state index is 12.9. The zero-order valence-corrected chi connectivity index (χ0v) is 18.3. The minimum atomic E-state index is -0.654. The molecule has 1 fully saturated rings. The summed E-state index contributed by atoms with van der Waals surface area (Å²) in [5.41, 5.74) is 8.14. The first kappa shape index (κ1) is 23.0.